The topological polar surface area (TPSA) is 36.7 Å². The molecule has 0 aliphatic carbocycles. The van der Waals surface area contributed by atoms with Gasteiger partial charge in [0.25, 0.3) is 0 Å². The molecule has 5 heteroatoms. The van der Waals surface area contributed by atoms with Gasteiger partial charge in [-0.25, -0.2) is 4.98 Å². The van der Waals surface area contributed by atoms with Gasteiger partial charge in [-0.2, -0.15) is 5.26 Å². The summed E-state index contributed by atoms with van der Waals surface area (Å²) in [5.74, 6) is 0. The lowest BCUT2D eigenvalue weighted by Crippen LogP contribution is -1.88. The third kappa shape index (κ3) is 2.61. The van der Waals surface area contributed by atoms with Gasteiger partial charge >= 0.3 is 0 Å². The van der Waals surface area contributed by atoms with E-state index in [0.29, 0.717) is 16.3 Å². The van der Waals surface area contributed by atoms with E-state index in [-0.39, 0.29) is 5.15 Å². The summed E-state index contributed by atoms with van der Waals surface area (Å²) in [4.78, 5) is 4.15. The van der Waals surface area contributed by atoms with Crippen LogP contribution in [0.1, 0.15) is 5.56 Å². The molecular weight excluding hydrogens is 323 g/mol. The molecule has 84 valence electrons. The summed E-state index contributed by atoms with van der Waals surface area (Å²) in [6.07, 6.45) is 0. The molecule has 17 heavy (non-hydrogen) atoms. The maximum atomic E-state index is 8.76. The van der Waals surface area contributed by atoms with Crippen molar-refractivity contribution < 1.29 is 0 Å². The van der Waals surface area contributed by atoms with Crippen molar-refractivity contribution in [1.29, 1.82) is 5.26 Å². The van der Waals surface area contributed by atoms with Crippen molar-refractivity contribution in [1.82, 2.24) is 4.98 Å². The second-order valence-corrected chi connectivity index (χ2v) is 4.95. The Morgan fingerprint density at radius 3 is 2.53 bits per heavy atom. The number of benzene rings is 1. The minimum absolute atomic E-state index is 0.184. The predicted octanol–water partition coefficient (Wildman–Crippen LogP) is 4.69. The van der Waals surface area contributed by atoms with Gasteiger partial charge in [-0.3, -0.25) is 0 Å². The van der Waals surface area contributed by atoms with Crippen LogP contribution in [0.4, 0.5) is 0 Å². The van der Waals surface area contributed by atoms with Gasteiger partial charge in [0, 0.05) is 10.0 Å². The van der Waals surface area contributed by atoms with Crippen LogP contribution in [0.2, 0.25) is 10.2 Å². The molecule has 0 fully saturated rings. The van der Waals surface area contributed by atoms with Crippen LogP contribution in [0.3, 0.4) is 0 Å². The van der Waals surface area contributed by atoms with Crippen molar-refractivity contribution in [2.75, 3.05) is 0 Å². The van der Waals surface area contributed by atoms with Crippen LogP contribution >= 0.6 is 39.1 Å². The first-order chi connectivity index (χ1) is 8.11. The summed E-state index contributed by atoms with van der Waals surface area (Å²) >= 11 is 15.3. The summed E-state index contributed by atoms with van der Waals surface area (Å²) in [5, 5.41) is 9.52. The summed E-state index contributed by atoms with van der Waals surface area (Å²) in [6.45, 7) is 0. The lowest BCUT2D eigenvalue weighted by atomic mass is 10.1. The summed E-state index contributed by atoms with van der Waals surface area (Å²) in [7, 11) is 0. The molecule has 0 unspecified atom stereocenters. The fourth-order valence-corrected chi connectivity index (χ4v) is 2.33. The van der Waals surface area contributed by atoms with Gasteiger partial charge in [0.15, 0.2) is 0 Å². The van der Waals surface area contributed by atoms with Gasteiger partial charge in [-0.1, -0.05) is 45.2 Å². The van der Waals surface area contributed by atoms with E-state index in [1.54, 1.807) is 18.2 Å². The fourth-order valence-electron chi connectivity index (χ4n) is 1.36. The second kappa shape index (κ2) is 5.05. The number of pyridine rings is 1. The number of halogens is 3. The van der Waals surface area contributed by atoms with E-state index in [4.69, 9.17) is 28.5 Å². The van der Waals surface area contributed by atoms with Crippen molar-refractivity contribution in [3.05, 3.63) is 50.5 Å². The summed E-state index contributed by atoms with van der Waals surface area (Å²) in [6, 6.07) is 10.8. The fraction of sp³-hybridized carbons (Fsp3) is 0. The molecule has 0 N–H and O–H groups in total. The molecule has 2 aromatic rings. The molecule has 0 spiro atoms. The molecule has 1 heterocycles. The molecule has 0 amide bonds. The molecule has 1 aromatic carbocycles. The Bertz CT molecular complexity index is 620. The quantitative estimate of drug-likeness (QED) is 0.712. The number of nitrogens with zero attached hydrogens (tertiary/aromatic N) is 2. The Hall–Kier alpha value is -1.08. The molecular formula is C12H5BrCl2N2. The van der Waals surface area contributed by atoms with Crippen LogP contribution in [0.5, 0.6) is 0 Å². The highest BCUT2D eigenvalue weighted by atomic mass is 79.9. The predicted molar refractivity (Wildman–Crippen MR) is 72.1 cm³/mol. The molecule has 0 radical (unpaired) electrons. The zero-order valence-corrected chi connectivity index (χ0v) is 11.5. The van der Waals surface area contributed by atoms with Crippen LogP contribution < -0.4 is 0 Å². The smallest absolute Gasteiger partial charge is 0.147 e. The highest BCUT2D eigenvalue weighted by molar-refractivity contribution is 9.10. The normalized spacial score (nSPS) is 10.0. The highest BCUT2D eigenvalue weighted by Gasteiger charge is 2.08. The Morgan fingerprint density at radius 2 is 1.94 bits per heavy atom. The molecule has 0 saturated heterocycles. The lowest BCUT2D eigenvalue weighted by molar-refractivity contribution is 1.30. The van der Waals surface area contributed by atoms with Gasteiger partial charge in [-0.05, 0) is 24.3 Å². The van der Waals surface area contributed by atoms with Crippen molar-refractivity contribution in [3.63, 3.8) is 0 Å². The number of nitriles is 1. The number of rotatable bonds is 1. The largest absolute Gasteiger partial charge is 0.235 e. The van der Waals surface area contributed by atoms with Crippen molar-refractivity contribution >= 4 is 39.1 Å². The van der Waals surface area contributed by atoms with Gasteiger partial charge in [0.05, 0.1) is 16.3 Å². The average Bonchev–Trinajstić information content (AvgIpc) is 2.29. The molecule has 0 atom stereocenters. The van der Waals surface area contributed by atoms with Gasteiger partial charge < -0.3 is 0 Å². The Kier molecular flexibility index (Phi) is 3.68. The van der Waals surface area contributed by atoms with Crippen molar-refractivity contribution in [3.8, 4) is 17.3 Å². The third-order valence-electron chi connectivity index (χ3n) is 2.18. The van der Waals surface area contributed by atoms with E-state index in [1.807, 2.05) is 18.2 Å². The van der Waals surface area contributed by atoms with Crippen LogP contribution in [0.15, 0.2) is 34.8 Å². The molecule has 0 aliphatic rings. The van der Waals surface area contributed by atoms with Gasteiger partial charge in [-0.15, -0.1) is 0 Å². The van der Waals surface area contributed by atoms with E-state index in [0.717, 1.165) is 10.0 Å². The average molecular weight is 328 g/mol. The first-order valence-corrected chi connectivity index (χ1v) is 6.19. The minimum atomic E-state index is 0.184. The summed E-state index contributed by atoms with van der Waals surface area (Å²) < 4.78 is 0.894. The maximum absolute atomic E-state index is 8.76. The van der Waals surface area contributed by atoms with E-state index >= 15 is 0 Å². The van der Waals surface area contributed by atoms with E-state index in [9.17, 15) is 0 Å². The SMILES string of the molecule is N#Cc1ccc(-c2ccc(Br)cc2Cl)nc1Cl. The van der Waals surface area contributed by atoms with Crippen LogP contribution in [-0.2, 0) is 0 Å². The molecule has 0 aliphatic heterocycles. The molecule has 0 bridgehead atoms. The zero-order valence-electron chi connectivity index (χ0n) is 8.42. The maximum Gasteiger partial charge on any atom is 0.147 e. The Balaban J connectivity index is 2.54. The molecule has 2 nitrogen and oxygen atoms in total. The molecule has 1 aromatic heterocycles. The first kappa shape index (κ1) is 12.4. The summed E-state index contributed by atoms with van der Waals surface area (Å²) in [5.41, 5.74) is 1.77. The van der Waals surface area contributed by atoms with E-state index < -0.39 is 0 Å². The van der Waals surface area contributed by atoms with Crippen LogP contribution in [-0.4, -0.2) is 4.98 Å². The van der Waals surface area contributed by atoms with Crippen LogP contribution in [0, 0.1) is 11.3 Å². The minimum Gasteiger partial charge on any atom is -0.235 e. The standard InChI is InChI=1S/C12H5BrCl2N2/c13-8-2-3-9(10(14)5-8)11-4-1-7(6-16)12(15)17-11/h1-5H. The van der Waals surface area contributed by atoms with E-state index in [1.165, 1.54) is 0 Å². The molecule has 0 saturated carbocycles. The lowest BCUT2D eigenvalue weighted by Gasteiger charge is -2.05. The number of hydrogen-bond acceptors (Lipinski definition) is 2. The van der Waals surface area contributed by atoms with E-state index in [2.05, 4.69) is 20.9 Å². The second-order valence-electron chi connectivity index (χ2n) is 3.27. The Labute approximate surface area is 117 Å². The van der Waals surface area contributed by atoms with Gasteiger partial charge in [0.2, 0.25) is 0 Å². The number of hydrogen-bond donors (Lipinski definition) is 0. The number of aromatic nitrogens is 1. The third-order valence-corrected chi connectivity index (χ3v) is 3.27. The zero-order chi connectivity index (χ0) is 12.4. The van der Waals surface area contributed by atoms with Crippen molar-refractivity contribution in [2.45, 2.75) is 0 Å². The first-order valence-electron chi connectivity index (χ1n) is 4.64. The van der Waals surface area contributed by atoms with Crippen LogP contribution in [0.25, 0.3) is 11.3 Å². The van der Waals surface area contributed by atoms with Crippen molar-refractivity contribution in [2.24, 2.45) is 0 Å². The highest BCUT2D eigenvalue weighted by Crippen LogP contribution is 2.30. The monoisotopic (exact) mass is 326 g/mol. The Morgan fingerprint density at radius 1 is 1.18 bits per heavy atom. The van der Waals surface area contributed by atoms with Gasteiger partial charge in [0.1, 0.15) is 11.2 Å². The molecule has 2 rings (SSSR count).